The molecule has 0 heterocycles. The molecule has 2 aromatic carbocycles. The van der Waals surface area contributed by atoms with Crippen molar-refractivity contribution in [2.45, 2.75) is 6.42 Å². The summed E-state index contributed by atoms with van der Waals surface area (Å²) in [6, 6.07) is 11.7. The van der Waals surface area contributed by atoms with E-state index in [0.29, 0.717) is 29.2 Å². The molecule has 0 saturated carbocycles. The van der Waals surface area contributed by atoms with Crippen LogP contribution in [0.3, 0.4) is 0 Å². The van der Waals surface area contributed by atoms with Crippen LogP contribution in [0.1, 0.15) is 15.9 Å². The van der Waals surface area contributed by atoms with Gasteiger partial charge in [-0.05, 0) is 42.3 Å². The number of rotatable bonds is 4. The second kappa shape index (κ2) is 6.30. The maximum atomic E-state index is 11.9. The van der Waals surface area contributed by atoms with Gasteiger partial charge in [0.15, 0.2) is 0 Å². The van der Waals surface area contributed by atoms with E-state index in [1.807, 2.05) is 12.1 Å². The second-order valence-corrected chi connectivity index (χ2v) is 4.84. The number of halogens is 1. The van der Waals surface area contributed by atoms with Gasteiger partial charge in [-0.1, -0.05) is 23.7 Å². The van der Waals surface area contributed by atoms with Gasteiger partial charge in [0.2, 0.25) is 0 Å². The third-order valence-corrected chi connectivity index (χ3v) is 3.13. The van der Waals surface area contributed by atoms with E-state index < -0.39 is 0 Å². The fraction of sp³-hybridized carbons (Fsp3) is 0.133. The third kappa shape index (κ3) is 3.65. The number of nitrogen functional groups attached to an aromatic ring is 1. The summed E-state index contributed by atoms with van der Waals surface area (Å²) in [5.74, 6) is 0.00432. The first-order chi connectivity index (χ1) is 9.56. The van der Waals surface area contributed by atoms with Crippen molar-refractivity contribution >= 4 is 23.2 Å². The smallest absolute Gasteiger partial charge is 0.253 e. The van der Waals surface area contributed by atoms with Crippen molar-refractivity contribution < 1.29 is 9.90 Å². The molecule has 4 N–H and O–H groups in total. The van der Waals surface area contributed by atoms with Crippen molar-refractivity contribution in [2.75, 3.05) is 12.3 Å². The van der Waals surface area contributed by atoms with Crippen LogP contribution < -0.4 is 11.1 Å². The van der Waals surface area contributed by atoms with Crippen LogP contribution in [0, 0.1) is 0 Å². The SMILES string of the molecule is Nc1cc(Cl)ccc1C(=O)NCCc1ccc(O)cc1. The Labute approximate surface area is 122 Å². The molecule has 0 aliphatic carbocycles. The van der Waals surface area contributed by atoms with Crippen LogP contribution in [-0.4, -0.2) is 17.6 Å². The molecule has 0 spiro atoms. The van der Waals surface area contributed by atoms with Gasteiger partial charge in [-0.2, -0.15) is 0 Å². The first-order valence-electron chi connectivity index (χ1n) is 6.17. The molecule has 0 aliphatic rings. The highest BCUT2D eigenvalue weighted by molar-refractivity contribution is 6.31. The van der Waals surface area contributed by atoms with Crippen LogP contribution in [0.5, 0.6) is 5.75 Å². The minimum absolute atomic E-state index is 0.224. The summed E-state index contributed by atoms with van der Waals surface area (Å²) >= 11 is 5.79. The highest BCUT2D eigenvalue weighted by Gasteiger charge is 2.09. The summed E-state index contributed by atoms with van der Waals surface area (Å²) in [5.41, 5.74) is 7.56. The number of phenols is 1. The Hall–Kier alpha value is -2.20. The molecular weight excluding hydrogens is 276 g/mol. The molecular formula is C15H15ClN2O2. The highest BCUT2D eigenvalue weighted by Crippen LogP contribution is 2.17. The largest absolute Gasteiger partial charge is 0.508 e. The van der Waals surface area contributed by atoms with E-state index in [1.165, 1.54) is 0 Å². The fourth-order valence-electron chi connectivity index (χ4n) is 1.82. The maximum absolute atomic E-state index is 11.9. The number of hydrogen-bond donors (Lipinski definition) is 3. The molecule has 2 aromatic rings. The van der Waals surface area contributed by atoms with Gasteiger partial charge < -0.3 is 16.2 Å². The molecule has 0 aliphatic heterocycles. The van der Waals surface area contributed by atoms with Gasteiger partial charge in [0.1, 0.15) is 5.75 Å². The van der Waals surface area contributed by atoms with Crippen LogP contribution in [0.25, 0.3) is 0 Å². The van der Waals surface area contributed by atoms with Crippen molar-refractivity contribution in [3.05, 3.63) is 58.6 Å². The molecule has 0 saturated heterocycles. The van der Waals surface area contributed by atoms with Crippen molar-refractivity contribution in [3.63, 3.8) is 0 Å². The first kappa shape index (κ1) is 14.2. The van der Waals surface area contributed by atoms with Crippen molar-refractivity contribution in [1.82, 2.24) is 5.32 Å². The number of carbonyl (C=O) groups excluding carboxylic acids is 1. The van der Waals surface area contributed by atoms with Crippen LogP contribution in [0.15, 0.2) is 42.5 Å². The van der Waals surface area contributed by atoms with E-state index in [2.05, 4.69) is 5.32 Å². The molecule has 5 heteroatoms. The van der Waals surface area contributed by atoms with Gasteiger partial charge in [-0.3, -0.25) is 4.79 Å². The van der Waals surface area contributed by atoms with E-state index in [4.69, 9.17) is 17.3 Å². The average Bonchev–Trinajstić information content (AvgIpc) is 2.41. The number of amides is 1. The predicted molar refractivity (Wildman–Crippen MR) is 80.0 cm³/mol. The molecule has 0 fully saturated rings. The number of benzene rings is 2. The monoisotopic (exact) mass is 290 g/mol. The second-order valence-electron chi connectivity index (χ2n) is 4.40. The third-order valence-electron chi connectivity index (χ3n) is 2.89. The molecule has 104 valence electrons. The van der Waals surface area contributed by atoms with Gasteiger partial charge in [-0.25, -0.2) is 0 Å². The molecule has 0 aromatic heterocycles. The average molecular weight is 291 g/mol. The first-order valence-corrected chi connectivity index (χ1v) is 6.55. The van der Waals surface area contributed by atoms with Crippen LogP contribution in [0.2, 0.25) is 5.02 Å². The fourth-order valence-corrected chi connectivity index (χ4v) is 2.00. The molecule has 0 bridgehead atoms. The molecule has 4 nitrogen and oxygen atoms in total. The summed E-state index contributed by atoms with van der Waals surface area (Å²) in [6.45, 7) is 0.492. The number of hydrogen-bond acceptors (Lipinski definition) is 3. The van der Waals surface area contributed by atoms with Crippen molar-refractivity contribution in [2.24, 2.45) is 0 Å². The van der Waals surface area contributed by atoms with Crippen LogP contribution in [-0.2, 0) is 6.42 Å². The molecule has 0 unspecified atom stereocenters. The quantitative estimate of drug-likeness (QED) is 0.758. The zero-order valence-corrected chi connectivity index (χ0v) is 11.5. The number of nitrogens with one attached hydrogen (secondary N) is 1. The van der Waals surface area contributed by atoms with Gasteiger partial charge in [0, 0.05) is 17.3 Å². The number of anilines is 1. The minimum atomic E-state index is -0.224. The van der Waals surface area contributed by atoms with E-state index in [0.717, 1.165) is 5.56 Å². The number of aromatic hydroxyl groups is 1. The van der Waals surface area contributed by atoms with Gasteiger partial charge in [0.05, 0.1) is 5.56 Å². The summed E-state index contributed by atoms with van der Waals surface area (Å²) in [5, 5.41) is 12.5. The normalized spacial score (nSPS) is 10.2. The number of nitrogens with two attached hydrogens (primary N) is 1. The predicted octanol–water partition coefficient (Wildman–Crippen LogP) is 2.60. The Morgan fingerprint density at radius 2 is 1.90 bits per heavy atom. The summed E-state index contributed by atoms with van der Waals surface area (Å²) in [4.78, 5) is 11.9. The molecule has 0 radical (unpaired) electrons. The lowest BCUT2D eigenvalue weighted by molar-refractivity contribution is 0.0955. The summed E-state index contributed by atoms with van der Waals surface area (Å²) in [7, 11) is 0. The highest BCUT2D eigenvalue weighted by atomic mass is 35.5. The molecule has 1 amide bonds. The Balaban J connectivity index is 1.90. The minimum Gasteiger partial charge on any atom is -0.508 e. The van der Waals surface area contributed by atoms with E-state index in [1.54, 1.807) is 30.3 Å². The van der Waals surface area contributed by atoms with Crippen molar-refractivity contribution in [1.29, 1.82) is 0 Å². The van der Waals surface area contributed by atoms with Crippen LogP contribution >= 0.6 is 11.6 Å². The van der Waals surface area contributed by atoms with Gasteiger partial charge in [-0.15, -0.1) is 0 Å². The lowest BCUT2D eigenvalue weighted by Gasteiger charge is -2.08. The summed E-state index contributed by atoms with van der Waals surface area (Å²) in [6.07, 6.45) is 0.680. The summed E-state index contributed by atoms with van der Waals surface area (Å²) < 4.78 is 0. The standard InChI is InChI=1S/C15H15ClN2O2/c16-11-3-6-13(14(17)9-11)15(20)18-8-7-10-1-4-12(19)5-2-10/h1-6,9,19H,7-8,17H2,(H,18,20). The zero-order valence-electron chi connectivity index (χ0n) is 10.8. The van der Waals surface area contributed by atoms with Crippen LogP contribution in [0.4, 0.5) is 5.69 Å². The molecule has 0 atom stereocenters. The Morgan fingerprint density at radius 3 is 2.55 bits per heavy atom. The molecule has 2 rings (SSSR count). The topological polar surface area (TPSA) is 75.4 Å². The van der Waals surface area contributed by atoms with E-state index in [9.17, 15) is 9.90 Å². The van der Waals surface area contributed by atoms with Gasteiger partial charge >= 0.3 is 0 Å². The van der Waals surface area contributed by atoms with Gasteiger partial charge in [0.25, 0.3) is 5.91 Å². The van der Waals surface area contributed by atoms with Crippen molar-refractivity contribution in [3.8, 4) is 5.75 Å². The number of carbonyl (C=O) groups is 1. The lowest BCUT2D eigenvalue weighted by Crippen LogP contribution is -2.26. The van der Waals surface area contributed by atoms with E-state index >= 15 is 0 Å². The Bertz CT molecular complexity index is 612. The lowest BCUT2D eigenvalue weighted by atomic mass is 10.1. The van der Waals surface area contributed by atoms with E-state index in [-0.39, 0.29) is 11.7 Å². The maximum Gasteiger partial charge on any atom is 0.253 e. The zero-order chi connectivity index (χ0) is 14.5. The number of phenolic OH excluding ortho intramolecular Hbond substituents is 1. The molecule has 20 heavy (non-hydrogen) atoms. The Kier molecular flexibility index (Phi) is 4.48. The Morgan fingerprint density at radius 1 is 1.20 bits per heavy atom.